The van der Waals surface area contributed by atoms with Crippen LogP contribution in [0.4, 0.5) is 0 Å². The Morgan fingerprint density at radius 1 is 1.27 bits per heavy atom. The fraction of sp³-hybridized carbons (Fsp3) is 0.650. The molecule has 1 saturated carbocycles. The summed E-state index contributed by atoms with van der Waals surface area (Å²) in [5.74, 6) is 1.88. The minimum Gasteiger partial charge on any atom is -0.469 e. The molecule has 6 heteroatoms. The Hall–Kier alpha value is -1.02. The van der Waals surface area contributed by atoms with Crippen molar-refractivity contribution in [3.8, 4) is 0 Å². The van der Waals surface area contributed by atoms with E-state index in [4.69, 9.17) is 9.41 Å². The maximum atomic E-state index is 5.38. The Balaban J connectivity index is 0.00000243. The van der Waals surface area contributed by atoms with Crippen molar-refractivity contribution in [2.24, 2.45) is 4.99 Å². The SMILES string of the molecule is C=CCNC(=NCCc1ccco1)NC1CCN(C2CCCC2)CC1.I. The lowest BCUT2D eigenvalue weighted by atomic mass is 10.0. The van der Waals surface area contributed by atoms with Crippen molar-refractivity contribution in [3.63, 3.8) is 0 Å². The number of guanidine groups is 1. The van der Waals surface area contributed by atoms with E-state index in [1.807, 2.05) is 18.2 Å². The largest absolute Gasteiger partial charge is 0.469 e. The minimum absolute atomic E-state index is 0. The Labute approximate surface area is 174 Å². The number of hydrogen-bond acceptors (Lipinski definition) is 3. The highest BCUT2D eigenvalue weighted by Gasteiger charge is 2.27. The number of hydrogen-bond donors (Lipinski definition) is 2. The van der Waals surface area contributed by atoms with Gasteiger partial charge in [0.2, 0.25) is 0 Å². The van der Waals surface area contributed by atoms with Gasteiger partial charge < -0.3 is 20.0 Å². The number of nitrogens with one attached hydrogen (secondary N) is 2. The number of rotatable bonds is 7. The van der Waals surface area contributed by atoms with Crippen molar-refractivity contribution in [1.82, 2.24) is 15.5 Å². The molecule has 0 atom stereocenters. The van der Waals surface area contributed by atoms with Crippen molar-refractivity contribution in [2.75, 3.05) is 26.2 Å². The molecule has 1 saturated heterocycles. The molecule has 0 radical (unpaired) electrons. The Morgan fingerprint density at radius 2 is 2.04 bits per heavy atom. The van der Waals surface area contributed by atoms with Gasteiger partial charge in [0.25, 0.3) is 0 Å². The highest BCUT2D eigenvalue weighted by Crippen LogP contribution is 2.26. The molecule has 0 bridgehead atoms. The number of furan rings is 1. The number of halogens is 1. The van der Waals surface area contributed by atoms with Crippen LogP contribution in [-0.2, 0) is 6.42 Å². The standard InChI is InChI=1S/C20H32N4O.HI/c1-2-12-21-20(22-13-9-19-8-5-16-25-19)23-17-10-14-24(15-11-17)18-6-3-4-7-18;/h2,5,8,16-18H,1,3-4,6-7,9-15H2,(H2,21,22,23);1H. The smallest absolute Gasteiger partial charge is 0.191 e. The normalized spacial score (nSPS) is 19.9. The fourth-order valence-electron chi connectivity index (χ4n) is 3.93. The van der Waals surface area contributed by atoms with Gasteiger partial charge in [-0.15, -0.1) is 30.6 Å². The van der Waals surface area contributed by atoms with E-state index in [-0.39, 0.29) is 24.0 Å². The van der Waals surface area contributed by atoms with Crippen LogP contribution in [0.15, 0.2) is 40.5 Å². The number of likely N-dealkylation sites (tertiary alicyclic amines) is 1. The van der Waals surface area contributed by atoms with Gasteiger partial charge in [-0.1, -0.05) is 18.9 Å². The molecule has 0 amide bonds. The zero-order valence-electron chi connectivity index (χ0n) is 15.7. The summed E-state index contributed by atoms with van der Waals surface area (Å²) in [6.07, 6.45) is 12.4. The molecule has 146 valence electrons. The molecule has 0 unspecified atom stereocenters. The highest BCUT2D eigenvalue weighted by molar-refractivity contribution is 14.0. The third kappa shape index (κ3) is 6.61. The van der Waals surface area contributed by atoms with E-state index in [2.05, 4.69) is 22.1 Å². The molecule has 1 aliphatic carbocycles. The van der Waals surface area contributed by atoms with Gasteiger partial charge in [0, 0.05) is 44.7 Å². The van der Waals surface area contributed by atoms with Crippen molar-refractivity contribution < 1.29 is 4.42 Å². The van der Waals surface area contributed by atoms with E-state index < -0.39 is 0 Å². The van der Waals surface area contributed by atoms with E-state index in [0.717, 1.165) is 37.3 Å². The molecule has 2 N–H and O–H groups in total. The molecule has 2 fully saturated rings. The summed E-state index contributed by atoms with van der Waals surface area (Å²) in [7, 11) is 0. The maximum absolute atomic E-state index is 5.38. The van der Waals surface area contributed by atoms with Gasteiger partial charge in [-0.25, -0.2) is 0 Å². The highest BCUT2D eigenvalue weighted by atomic mass is 127. The van der Waals surface area contributed by atoms with Gasteiger partial charge in [0.15, 0.2) is 5.96 Å². The first kappa shape index (κ1) is 21.3. The van der Waals surface area contributed by atoms with E-state index in [1.165, 1.54) is 51.6 Å². The van der Waals surface area contributed by atoms with Gasteiger partial charge in [0.1, 0.15) is 5.76 Å². The van der Waals surface area contributed by atoms with E-state index in [0.29, 0.717) is 6.04 Å². The molecule has 1 aromatic heterocycles. The van der Waals surface area contributed by atoms with Crippen LogP contribution in [0.25, 0.3) is 0 Å². The molecule has 3 rings (SSSR count). The van der Waals surface area contributed by atoms with Crippen LogP contribution >= 0.6 is 24.0 Å². The minimum atomic E-state index is 0. The molecule has 1 aliphatic heterocycles. The number of piperidine rings is 1. The molecule has 2 heterocycles. The summed E-state index contributed by atoms with van der Waals surface area (Å²) in [5, 5.41) is 6.96. The van der Waals surface area contributed by atoms with Crippen LogP contribution in [-0.4, -0.2) is 49.1 Å². The number of nitrogens with zero attached hydrogens (tertiary/aromatic N) is 2. The quantitative estimate of drug-likeness (QED) is 0.276. The third-order valence-electron chi connectivity index (χ3n) is 5.33. The Morgan fingerprint density at radius 3 is 2.69 bits per heavy atom. The predicted molar refractivity (Wildman–Crippen MR) is 118 cm³/mol. The van der Waals surface area contributed by atoms with Crippen LogP contribution in [0.5, 0.6) is 0 Å². The predicted octanol–water partition coefficient (Wildman–Crippen LogP) is 3.57. The van der Waals surface area contributed by atoms with Crippen molar-refractivity contribution in [2.45, 2.75) is 57.0 Å². The monoisotopic (exact) mass is 472 g/mol. The Bertz CT molecular complexity index is 532. The zero-order chi connectivity index (χ0) is 17.3. The Kier molecular flexibility index (Phi) is 9.53. The second-order valence-corrected chi connectivity index (χ2v) is 7.12. The lowest BCUT2D eigenvalue weighted by Gasteiger charge is -2.36. The van der Waals surface area contributed by atoms with Crippen LogP contribution in [0, 0.1) is 0 Å². The van der Waals surface area contributed by atoms with Crippen molar-refractivity contribution in [3.05, 3.63) is 36.8 Å². The number of aliphatic imine (C=N–C) groups is 1. The van der Waals surface area contributed by atoms with Gasteiger partial charge in [-0.2, -0.15) is 0 Å². The van der Waals surface area contributed by atoms with Gasteiger partial charge in [-0.05, 0) is 37.8 Å². The van der Waals surface area contributed by atoms with Gasteiger partial charge in [-0.3, -0.25) is 4.99 Å². The topological polar surface area (TPSA) is 52.8 Å². The van der Waals surface area contributed by atoms with Crippen molar-refractivity contribution in [1.29, 1.82) is 0 Å². The first-order valence-electron chi connectivity index (χ1n) is 9.77. The first-order chi connectivity index (χ1) is 12.3. The summed E-state index contributed by atoms with van der Waals surface area (Å²) in [6, 6.07) is 5.28. The second-order valence-electron chi connectivity index (χ2n) is 7.12. The molecule has 0 aromatic carbocycles. The van der Waals surface area contributed by atoms with Crippen molar-refractivity contribution >= 4 is 29.9 Å². The van der Waals surface area contributed by atoms with Gasteiger partial charge >= 0.3 is 0 Å². The van der Waals surface area contributed by atoms with E-state index in [9.17, 15) is 0 Å². The maximum Gasteiger partial charge on any atom is 0.191 e. The lowest BCUT2D eigenvalue weighted by molar-refractivity contribution is 0.150. The average Bonchev–Trinajstić information content (AvgIpc) is 3.34. The fourth-order valence-corrected chi connectivity index (χ4v) is 3.93. The summed E-state index contributed by atoms with van der Waals surface area (Å²) >= 11 is 0. The second kappa shape index (κ2) is 11.6. The summed E-state index contributed by atoms with van der Waals surface area (Å²) < 4.78 is 5.38. The van der Waals surface area contributed by atoms with Gasteiger partial charge in [0.05, 0.1) is 6.26 Å². The summed E-state index contributed by atoms with van der Waals surface area (Å²) in [6.45, 7) is 7.66. The molecular weight excluding hydrogens is 439 g/mol. The van der Waals surface area contributed by atoms with E-state index in [1.54, 1.807) is 6.26 Å². The molecule has 26 heavy (non-hydrogen) atoms. The van der Waals surface area contributed by atoms with Crippen LogP contribution < -0.4 is 10.6 Å². The average molecular weight is 472 g/mol. The third-order valence-corrected chi connectivity index (χ3v) is 5.33. The van der Waals surface area contributed by atoms with Crippen LogP contribution in [0.1, 0.15) is 44.3 Å². The molecule has 5 nitrogen and oxygen atoms in total. The molecule has 0 spiro atoms. The summed E-state index contributed by atoms with van der Waals surface area (Å²) in [5.41, 5.74) is 0. The van der Waals surface area contributed by atoms with Crippen LogP contribution in [0.2, 0.25) is 0 Å². The van der Waals surface area contributed by atoms with E-state index >= 15 is 0 Å². The molecular formula is C20H33IN4O. The summed E-state index contributed by atoms with van der Waals surface area (Å²) in [4.78, 5) is 7.40. The molecule has 2 aliphatic rings. The van der Waals surface area contributed by atoms with Crippen LogP contribution in [0.3, 0.4) is 0 Å². The lowest BCUT2D eigenvalue weighted by Crippen LogP contribution is -2.50. The molecule has 1 aromatic rings. The first-order valence-corrected chi connectivity index (χ1v) is 9.77. The zero-order valence-corrected chi connectivity index (χ0v) is 18.0.